The molecule has 1 saturated carbocycles. The topological polar surface area (TPSA) is 149 Å². The molecule has 1 amide bonds. The average Bonchev–Trinajstić information content (AvgIpc) is 3.63. The third kappa shape index (κ3) is 7.90. The van der Waals surface area contributed by atoms with Crippen molar-refractivity contribution in [2.24, 2.45) is 22.9 Å². The number of aromatic hydroxyl groups is 1. The first-order valence-corrected chi connectivity index (χ1v) is 18.6. The monoisotopic (exact) mass is 732 g/mol. The molecule has 12 heteroatoms. The van der Waals surface area contributed by atoms with Crippen molar-refractivity contribution in [1.82, 2.24) is 4.90 Å². The summed E-state index contributed by atoms with van der Waals surface area (Å²) in [6.45, 7) is 8.44. The Hall–Kier alpha value is -4.52. The number of nitrogens with zero attached hydrogens (tertiary/aromatic N) is 2. The molecule has 1 fully saturated rings. The van der Waals surface area contributed by atoms with Gasteiger partial charge in [-0.05, 0) is 85.4 Å². The van der Waals surface area contributed by atoms with Gasteiger partial charge in [0.2, 0.25) is 12.6 Å². The summed E-state index contributed by atoms with van der Waals surface area (Å²) in [5, 5.41) is 35.0. The second-order valence-corrected chi connectivity index (χ2v) is 14.0. The van der Waals surface area contributed by atoms with Crippen LogP contribution < -0.4 is 14.2 Å². The number of oxime groups is 1. The number of phenols is 1. The smallest absolute Gasteiger partial charge is 0.410 e. The fourth-order valence-corrected chi connectivity index (χ4v) is 8.62. The van der Waals surface area contributed by atoms with E-state index in [1.54, 1.807) is 35.3 Å². The van der Waals surface area contributed by atoms with Gasteiger partial charge >= 0.3 is 6.09 Å². The highest BCUT2D eigenvalue weighted by Crippen LogP contribution is 2.62. The summed E-state index contributed by atoms with van der Waals surface area (Å²) in [5.41, 5.74) is 3.19. The highest BCUT2D eigenvalue weighted by molar-refractivity contribution is 6.03. The zero-order valence-corrected chi connectivity index (χ0v) is 30.5. The minimum absolute atomic E-state index is 0.0366. The van der Waals surface area contributed by atoms with Crippen molar-refractivity contribution in [2.45, 2.75) is 75.7 Å². The van der Waals surface area contributed by atoms with Gasteiger partial charge in [-0.2, -0.15) is 0 Å². The lowest BCUT2D eigenvalue weighted by Gasteiger charge is -2.59. The van der Waals surface area contributed by atoms with E-state index in [0.717, 1.165) is 42.4 Å². The summed E-state index contributed by atoms with van der Waals surface area (Å²) in [4.78, 5) is 21.6. The van der Waals surface area contributed by atoms with Gasteiger partial charge in [0.15, 0.2) is 11.5 Å². The minimum atomic E-state index is -1.46. The summed E-state index contributed by atoms with van der Waals surface area (Å²) < 4.78 is 31.2. The molecule has 0 unspecified atom stereocenters. The fourth-order valence-electron chi connectivity index (χ4n) is 8.62. The molecule has 2 aliphatic heterocycles. The molecular weight excluding hydrogens is 680 g/mol. The lowest BCUT2D eigenvalue weighted by atomic mass is 9.55. The molecule has 286 valence electrons. The van der Waals surface area contributed by atoms with Crippen LogP contribution in [0.25, 0.3) is 0 Å². The van der Waals surface area contributed by atoms with Crippen LogP contribution in [0.2, 0.25) is 0 Å². The maximum Gasteiger partial charge on any atom is 0.410 e. The number of hydrogen-bond acceptors (Lipinski definition) is 11. The Balaban J connectivity index is 1.56. The van der Waals surface area contributed by atoms with Crippen LogP contribution in [-0.4, -0.2) is 84.2 Å². The summed E-state index contributed by atoms with van der Waals surface area (Å²) >= 11 is 0. The first-order chi connectivity index (χ1) is 25.9. The van der Waals surface area contributed by atoms with Crippen LogP contribution in [0.5, 0.6) is 23.0 Å². The number of carbonyl (C=O) groups is 1. The summed E-state index contributed by atoms with van der Waals surface area (Å²) in [7, 11) is 1.51. The number of amides is 1. The standard InChI is InChI=1S/C41H52N2O10/c1-4-6-20-49-40(47)43(25-27-13-15-35-36(21-27)51-26-50-35)37-24-33(42-48-3)31-22-28(11-7-9-17-44)30(12-8-10-18-45)38-32-23-29(46)14-16-34(32)53-41(37,39(31)38)52-19-5-2/h4-5,13-16,21-23,28,30,37-39,44-46H,1-2,6-12,17-20,24-26H2,3H3/t28-,30+,37-,38+,39+,41+/m0/s1. The van der Waals surface area contributed by atoms with Crippen LogP contribution in [-0.2, 0) is 20.9 Å². The van der Waals surface area contributed by atoms with E-state index in [-0.39, 0.29) is 69.7 Å². The van der Waals surface area contributed by atoms with E-state index in [2.05, 4.69) is 24.4 Å². The highest BCUT2D eigenvalue weighted by Gasteiger charge is 2.65. The number of rotatable bonds is 18. The molecule has 3 N–H and O–H groups in total. The molecule has 0 aromatic heterocycles. The van der Waals surface area contributed by atoms with Crippen molar-refractivity contribution in [1.29, 1.82) is 0 Å². The van der Waals surface area contributed by atoms with Crippen molar-refractivity contribution in [2.75, 3.05) is 40.3 Å². The first kappa shape index (κ1) is 38.2. The van der Waals surface area contributed by atoms with Gasteiger partial charge in [0.1, 0.15) is 24.7 Å². The van der Waals surface area contributed by atoms with Gasteiger partial charge in [-0.15, -0.1) is 13.2 Å². The van der Waals surface area contributed by atoms with E-state index in [1.807, 2.05) is 18.2 Å². The number of benzene rings is 2. The Labute approximate surface area is 311 Å². The van der Waals surface area contributed by atoms with Gasteiger partial charge < -0.3 is 43.8 Å². The molecule has 53 heavy (non-hydrogen) atoms. The van der Waals surface area contributed by atoms with Crippen LogP contribution >= 0.6 is 0 Å². The van der Waals surface area contributed by atoms with Crippen LogP contribution in [0.4, 0.5) is 4.79 Å². The Morgan fingerprint density at radius 2 is 1.79 bits per heavy atom. The van der Waals surface area contributed by atoms with Crippen molar-refractivity contribution in [3.8, 4) is 23.0 Å². The number of aliphatic hydroxyl groups is 2. The molecule has 12 nitrogen and oxygen atoms in total. The van der Waals surface area contributed by atoms with Gasteiger partial charge in [0, 0.05) is 37.7 Å². The number of fused-ring (bicyclic) bond motifs is 3. The molecule has 0 radical (unpaired) electrons. The normalized spacial score (nSPS) is 25.8. The molecule has 6 rings (SSSR count). The molecule has 6 atom stereocenters. The zero-order chi connectivity index (χ0) is 37.4. The SMILES string of the molecule is C=CCCOC(=O)N(Cc1ccc2c(c1)OCO2)[C@H]1CC(=NOC)C2=C[C@H](CCCCO)[C@@H](CCCCO)[C@@H]3c4cc(O)ccc4O[C@@]1(OCC=C)[C@H]23. The van der Waals surface area contributed by atoms with Gasteiger partial charge in [-0.1, -0.05) is 42.3 Å². The zero-order valence-electron chi connectivity index (χ0n) is 30.5. The summed E-state index contributed by atoms with van der Waals surface area (Å²) in [6, 6.07) is 9.94. The van der Waals surface area contributed by atoms with Crippen LogP contribution in [0.3, 0.4) is 0 Å². The highest BCUT2D eigenvalue weighted by atomic mass is 16.7. The molecule has 2 aromatic rings. The maximum absolute atomic E-state index is 14.4. The number of hydrogen-bond donors (Lipinski definition) is 3. The van der Waals surface area contributed by atoms with E-state index in [9.17, 15) is 20.1 Å². The van der Waals surface area contributed by atoms with Gasteiger partial charge in [0.25, 0.3) is 0 Å². The Morgan fingerprint density at radius 1 is 1.02 bits per heavy atom. The van der Waals surface area contributed by atoms with Crippen molar-refractivity contribution in [3.05, 3.63) is 84.5 Å². The molecule has 0 spiro atoms. The lowest BCUT2D eigenvalue weighted by molar-refractivity contribution is -0.256. The van der Waals surface area contributed by atoms with E-state index in [1.165, 1.54) is 7.11 Å². The van der Waals surface area contributed by atoms with Crippen molar-refractivity contribution < 1.29 is 48.6 Å². The predicted molar refractivity (Wildman–Crippen MR) is 198 cm³/mol. The average molecular weight is 733 g/mol. The Morgan fingerprint density at radius 3 is 2.55 bits per heavy atom. The van der Waals surface area contributed by atoms with Gasteiger partial charge in [-0.25, -0.2) is 4.79 Å². The lowest BCUT2D eigenvalue weighted by Crippen LogP contribution is -2.70. The molecule has 2 aromatic carbocycles. The van der Waals surface area contributed by atoms with E-state index in [4.69, 9.17) is 28.5 Å². The first-order valence-electron chi connectivity index (χ1n) is 18.6. The van der Waals surface area contributed by atoms with E-state index < -0.39 is 23.8 Å². The van der Waals surface area contributed by atoms with Crippen LogP contribution in [0.15, 0.2) is 78.5 Å². The molecule has 4 aliphatic rings. The molecule has 2 heterocycles. The van der Waals surface area contributed by atoms with E-state index in [0.29, 0.717) is 42.2 Å². The Bertz CT molecular complexity index is 1680. The molecule has 2 aliphatic carbocycles. The second-order valence-electron chi connectivity index (χ2n) is 14.0. The number of unbranched alkanes of at least 4 members (excludes halogenated alkanes) is 2. The van der Waals surface area contributed by atoms with Gasteiger partial charge in [0.05, 0.1) is 24.8 Å². The Kier molecular flexibility index (Phi) is 12.6. The second kappa shape index (κ2) is 17.5. The third-order valence-electron chi connectivity index (χ3n) is 10.8. The number of allylic oxidation sites excluding steroid dienone is 1. The third-order valence-corrected chi connectivity index (χ3v) is 10.8. The minimum Gasteiger partial charge on any atom is -0.508 e. The molecular formula is C41H52N2O10. The molecule has 0 bridgehead atoms. The summed E-state index contributed by atoms with van der Waals surface area (Å²) in [6.07, 6.45) is 10.3. The quantitative estimate of drug-likeness (QED) is 0.0870. The number of aliphatic hydroxyl groups excluding tert-OH is 2. The molecule has 0 saturated heterocycles. The number of ether oxygens (including phenoxy) is 5. The largest absolute Gasteiger partial charge is 0.508 e. The predicted octanol–water partition coefficient (Wildman–Crippen LogP) is 6.60. The maximum atomic E-state index is 14.4. The number of carbonyl (C=O) groups excluding carboxylic acids is 1. The van der Waals surface area contributed by atoms with Crippen molar-refractivity contribution >= 4 is 11.8 Å². The van der Waals surface area contributed by atoms with E-state index >= 15 is 0 Å². The van der Waals surface area contributed by atoms with Crippen LogP contribution in [0, 0.1) is 17.8 Å². The van der Waals surface area contributed by atoms with Gasteiger partial charge in [-0.3, -0.25) is 4.90 Å². The van der Waals surface area contributed by atoms with Crippen LogP contribution in [0.1, 0.15) is 68.4 Å². The summed E-state index contributed by atoms with van der Waals surface area (Å²) in [5.74, 6) is -0.214. The number of phenolic OH excluding ortho intramolecular Hbond substituents is 1. The van der Waals surface area contributed by atoms with Crippen molar-refractivity contribution in [3.63, 3.8) is 0 Å². The fraction of sp³-hybridized carbons (Fsp3) is 0.512.